The standard InChI is InChI=1S/C27H36/c1-3-21-6-10-23(11-7-21)25-14-18-27(19-15-25)26-16-12-24(13-17-26)22-8-4-20(2)5-9-22/h12-23H,3-11H2,1-2H3/t20-,21-,22-,23-. The lowest BCUT2D eigenvalue weighted by Gasteiger charge is -2.28. The molecule has 4 rings (SSSR count). The fourth-order valence-corrected chi connectivity index (χ4v) is 5.39. The van der Waals surface area contributed by atoms with Crippen LogP contribution in [0, 0.1) is 11.8 Å². The molecule has 2 aromatic carbocycles. The maximum absolute atomic E-state index is 2.40. The second-order valence-corrected chi connectivity index (χ2v) is 9.33. The molecule has 0 N–H and O–H groups in total. The zero-order valence-corrected chi connectivity index (χ0v) is 17.3. The zero-order valence-electron chi connectivity index (χ0n) is 17.3. The quantitative estimate of drug-likeness (QED) is 0.514. The van der Waals surface area contributed by atoms with E-state index in [0.717, 1.165) is 23.7 Å². The van der Waals surface area contributed by atoms with Gasteiger partial charge in [-0.05, 0) is 84.5 Å². The molecule has 0 heteroatoms. The molecule has 2 aliphatic rings. The molecule has 0 aromatic heterocycles. The van der Waals surface area contributed by atoms with Crippen molar-refractivity contribution in [2.75, 3.05) is 0 Å². The maximum atomic E-state index is 2.40. The Bertz CT molecular complexity index is 693. The fourth-order valence-electron chi connectivity index (χ4n) is 5.39. The van der Waals surface area contributed by atoms with E-state index >= 15 is 0 Å². The Labute approximate surface area is 166 Å². The second-order valence-electron chi connectivity index (χ2n) is 9.33. The van der Waals surface area contributed by atoms with Crippen LogP contribution >= 0.6 is 0 Å². The molecular weight excluding hydrogens is 324 g/mol. The van der Waals surface area contributed by atoms with Crippen LogP contribution in [0.4, 0.5) is 0 Å². The molecule has 2 aliphatic carbocycles. The lowest BCUT2D eigenvalue weighted by Crippen LogP contribution is -2.12. The first kappa shape index (κ1) is 18.8. The van der Waals surface area contributed by atoms with Crippen molar-refractivity contribution in [1.29, 1.82) is 0 Å². The van der Waals surface area contributed by atoms with E-state index in [2.05, 4.69) is 62.4 Å². The molecular formula is C27H36. The summed E-state index contributed by atoms with van der Waals surface area (Å²) in [6.07, 6.45) is 12.5. The van der Waals surface area contributed by atoms with E-state index in [1.807, 2.05) is 0 Å². The molecule has 0 spiro atoms. The summed E-state index contributed by atoms with van der Waals surface area (Å²) in [5.74, 6) is 3.48. The van der Waals surface area contributed by atoms with E-state index in [0.29, 0.717) is 0 Å². The van der Waals surface area contributed by atoms with Gasteiger partial charge in [0.25, 0.3) is 0 Å². The molecule has 0 saturated heterocycles. The van der Waals surface area contributed by atoms with Crippen molar-refractivity contribution in [3.8, 4) is 11.1 Å². The van der Waals surface area contributed by atoms with Crippen LogP contribution in [-0.4, -0.2) is 0 Å². The van der Waals surface area contributed by atoms with Crippen LogP contribution in [0.1, 0.15) is 94.6 Å². The molecule has 0 radical (unpaired) electrons. The van der Waals surface area contributed by atoms with Crippen LogP contribution in [-0.2, 0) is 0 Å². The summed E-state index contributed by atoms with van der Waals surface area (Å²) >= 11 is 0. The van der Waals surface area contributed by atoms with Crippen LogP contribution in [0.3, 0.4) is 0 Å². The molecule has 0 amide bonds. The number of benzene rings is 2. The van der Waals surface area contributed by atoms with Crippen LogP contribution in [0.2, 0.25) is 0 Å². The Morgan fingerprint density at radius 2 is 1.00 bits per heavy atom. The predicted molar refractivity (Wildman–Crippen MR) is 117 cm³/mol. The van der Waals surface area contributed by atoms with Crippen LogP contribution in [0.5, 0.6) is 0 Å². The largest absolute Gasteiger partial charge is 0.0651 e. The van der Waals surface area contributed by atoms with E-state index in [-0.39, 0.29) is 0 Å². The minimum Gasteiger partial charge on any atom is -0.0651 e. The molecule has 0 nitrogen and oxygen atoms in total. The highest BCUT2D eigenvalue weighted by Crippen LogP contribution is 2.38. The lowest BCUT2D eigenvalue weighted by atomic mass is 9.77. The summed E-state index contributed by atoms with van der Waals surface area (Å²) in [7, 11) is 0. The molecule has 0 aliphatic heterocycles. The Kier molecular flexibility index (Phi) is 6.01. The molecule has 0 bridgehead atoms. The van der Waals surface area contributed by atoms with Crippen molar-refractivity contribution in [3.63, 3.8) is 0 Å². The monoisotopic (exact) mass is 360 g/mol. The predicted octanol–water partition coefficient (Wildman–Crippen LogP) is 8.33. The fraction of sp³-hybridized carbons (Fsp3) is 0.556. The molecule has 27 heavy (non-hydrogen) atoms. The third-order valence-corrected chi connectivity index (χ3v) is 7.54. The summed E-state index contributed by atoms with van der Waals surface area (Å²) in [6, 6.07) is 18.9. The minimum atomic E-state index is 0.788. The third kappa shape index (κ3) is 4.48. The van der Waals surface area contributed by atoms with Gasteiger partial charge in [-0.2, -0.15) is 0 Å². The topological polar surface area (TPSA) is 0 Å². The molecule has 2 saturated carbocycles. The Morgan fingerprint density at radius 1 is 0.593 bits per heavy atom. The van der Waals surface area contributed by atoms with Crippen LogP contribution in [0.25, 0.3) is 11.1 Å². The molecule has 2 fully saturated rings. The van der Waals surface area contributed by atoms with Gasteiger partial charge in [0.15, 0.2) is 0 Å². The first-order chi connectivity index (χ1) is 13.2. The second kappa shape index (κ2) is 8.63. The number of hydrogen-bond donors (Lipinski definition) is 0. The van der Waals surface area contributed by atoms with Crippen molar-refractivity contribution >= 4 is 0 Å². The van der Waals surface area contributed by atoms with E-state index in [1.165, 1.54) is 68.9 Å². The minimum absolute atomic E-state index is 0.788. The summed E-state index contributed by atoms with van der Waals surface area (Å²) in [5, 5.41) is 0. The lowest BCUT2D eigenvalue weighted by molar-refractivity contribution is 0.319. The molecule has 0 unspecified atom stereocenters. The van der Waals surface area contributed by atoms with Gasteiger partial charge in [-0.1, -0.05) is 81.6 Å². The number of hydrogen-bond acceptors (Lipinski definition) is 0. The van der Waals surface area contributed by atoms with Crippen molar-refractivity contribution < 1.29 is 0 Å². The number of rotatable bonds is 4. The summed E-state index contributed by atoms with van der Waals surface area (Å²) < 4.78 is 0. The summed E-state index contributed by atoms with van der Waals surface area (Å²) in [5.41, 5.74) is 5.84. The van der Waals surface area contributed by atoms with Gasteiger partial charge in [0, 0.05) is 0 Å². The molecule has 0 heterocycles. The van der Waals surface area contributed by atoms with Gasteiger partial charge in [-0.3, -0.25) is 0 Å². The Hall–Kier alpha value is -1.56. The normalized spacial score (nSPS) is 28.8. The highest BCUT2D eigenvalue weighted by molar-refractivity contribution is 5.64. The van der Waals surface area contributed by atoms with Crippen molar-refractivity contribution in [1.82, 2.24) is 0 Å². The van der Waals surface area contributed by atoms with Gasteiger partial charge in [-0.25, -0.2) is 0 Å². The molecule has 2 aromatic rings. The van der Waals surface area contributed by atoms with Crippen LogP contribution in [0.15, 0.2) is 48.5 Å². The molecule has 144 valence electrons. The van der Waals surface area contributed by atoms with E-state index < -0.39 is 0 Å². The van der Waals surface area contributed by atoms with Gasteiger partial charge in [0.2, 0.25) is 0 Å². The summed E-state index contributed by atoms with van der Waals surface area (Å²) in [4.78, 5) is 0. The van der Waals surface area contributed by atoms with Crippen LogP contribution < -0.4 is 0 Å². The van der Waals surface area contributed by atoms with Crippen molar-refractivity contribution in [3.05, 3.63) is 59.7 Å². The van der Waals surface area contributed by atoms with E-state index in [4.69, 9.17) is 0 Å². The van der Waals surface area contributed by atoms with Gasteiger partial charge in [-0.15, -0.1) is 0 Å². The van der Waals surface area contributed by atoms with E-state index in [1.54, 1.807) is 11.1 Å². The summed E-state index contributed by atoms with van der Waals surface area (Å²) in [6.45, 7) is 4.75. The third-order valence-electron chi connectivity index (χ3n) is 7.54. The zero-order chi connectivity index (χ0) is 18.6. The highest BCUT2D eigenvalue weighted by Gasteiger charge is 2.21. The van der Waals surface area contributed by atoms with E-state index in [9.17, 15) is 0 Å². The Balaban J connectivity index is 1.40. The van der Waals surface area contributed by atoms with Crippen molar-refractivity contribution in [2.24, 2.45) is 11.8 Å². The first-order valence-electron chi connectivity index (χ1n) is 11.4. The Morgan fingerprint density at radius 3 is 1.41 bits per heavy atom. The van der Waals surface area contributed by atoms with Gasteiger partial charge < -0.3 is 0 Å². The smallest absolute Gasteiger partial charge is 0.0162 e. The van der Waals surface area contributed by atoms with Crippen molar-refractivity contribution in [2.45, 2.75) is 83.5 Å². The maximum Gasteiger partial charge on any atom is -0.0162 e. The van der Waals surface area contributed by atoms with Gasteiger partial charge in [0.05, 0.1) is 0 Å². The molecule has 0 atom stereocenters. The first-order valence-corrected chi connectivity index (χ1v) is 11.4. The van der Waals surface area contributed by atoms with Gasteiger partial charge >= 0.3 is 0 Å². The highest BCUT2D eigenvalue weighted by atomic mass is 14.3. The van der Waals surface area contributed by atoms with Gasteiger partial charge in [0.1, 0.15) is 0 Å². The average Bonchev–Trinajstić information content (AvgIpc) is 2.75. The SMILES string of the molecule is CC[C@H]1CC[C@H](c2ccc(-c3ccc([C@H]4CC[C@H](C)CC4)cc3)cc2)CC1. The average molecular weight is 361 g/mol.